The quantitative estimate of drug-likeness (QED) is 0.564. The molecule has 0 aliphatic rings. The van der Waals surface area contributed by atoms with E-state index >= 15 is 0 Å². The Balaban J connectivity index is 1.78. The lowest BCUT2D eigenvalue weighted by Gasteiger charge is -2.00. The zero-order chi connectivity index (χ0) is 16.8. The van der Waals surface area contributed by atoms with E-state index in [1.54, 1.807) is 0 Å². The number of aromatic nitrogens is 5. The Labute approximate surface area is 139 Å². The SMILES string of the molecule is Cc1ccc2nc(-c3nnc(-c4c(C)nn(C)c4C)o3)ccc2c1. The van der Waals surface area contributed by atoms with Gasteiger partial charge in [0.1, 0.15) is 5.69 Å². The number of nitrogens with zero attached hydrogens (tertiary/aromatic N) is 5. The molecule has 6 heteroatoms. The van der Waals surface area contributed by atoms with Crippen molar-refractivity contribution in [1.82, 2.24) is 25.0 Å². The highest BCUT2D eigenvalue weighted by atomic mass is 16.4. The van der Waals surface area contributed by atoms with Gasteiger partial charge in [0.2, 0.25) is 0 Å². The number of benzene rings is 1. The van der Waals surface area contributed by atoms with Gasteiger partial charge in [0.05, 0.1) is 16.8 Å². The van der Waals surface area contributed by atoms with Crippen molar-refractivity contribution in [2.24, 2.45) is 7.05 Å². The minimum atomic E-state index is 0.412. The predicted octanol–water partition coefficient (Wildman–Crippen LogP) is 3.61. The van der Waals surface area contributed by atoms with Crippen LogP contribution in [0.2, 0.25) is 0 Å². The van der Waals surface area contributed by atoms with E-state index in [4.69, 9.17) is 4.42 Å². The summed E-state index contributed by atoms with van der Waals surface area (Å²) in [6.45, 7) is 5.98. The molecule has 0 unspecified atom stereocenters. The summed E-state index contributed by atoms with van der Waals surface area (Å²) in [4.78, 5) is 4.63. The molecule has 0 fully saturated rings. The van der Waals surface area contributed by atoms with Gasteiger partial charge in [-0.25, -0.2) is 4.98 Å². The summed E-state index contributed by atoms with van der Waals surface area (Å²) < 4.78 is 7.68. The van der Waals surface area contributed by atoms with E-state index in [-0.39, 0.29) is 0 Å². The van der Waals surface area contributed by atoms with E-state index in [1.165, 1.54) is 5.56 Å². The molecule has 0 N–H and O–H groups in total. The van der Waals surface area contributed by atoms with Crippen molar-refractivity contribution in [2.45, 2.75) is 20.8 Å². The fourth-order valence-electron chi connectivity index (χ4n) is 2.87. The van der Waals surface area contributed by atoms with Crippen LogP contribution in [0.1, 0.15) is 17.0 Å². The Morgan fingerprint density at radius 3 is 2.50 bits per heavy atom. The fraction of sp³-hybridized carbons (Fsp3) is 0.222. The maximum Gasteiger partial charge on any atom is 0.266 e. The molecule has 0 bridgehead atoms. The van der Waals surface area contributed by atoms with Gasteiger partial charge >= 0.3 is 0 Å². The molecule has 0 atom stereocenters. The molecule has 0 saturated carbocycles. The van der Waals surface area contributed by atoms with Crippen LogP contribution in [0, 0.1) is 20.8 Å². The molecule has 0 spiro atoms. The second kappa shape index (κ2) is 5.26. The largest absolute Gasteiger partial charge is 0.414 e. The summed E-state index contributed by atoms with van der Waals surface area (Å²) in [7, 11) is 1.90. The summed E-state index contributed by atoms with van der Waals surface area (Å²) >= 11 is 0. The molecule has 3 heterocycles. The molecule has 0 radical (unpaired) electrons. The monoisotopic (exact) mass is 319 g/mol. The maximum atomic E-state index is 5.87. The standard InChI is InChI=1S/C18H17N5O/c1-10-5-7-14-13(9-10)6-8-15(19-14)17-20-21-18(24-17)16-11(2)22-23(4)12(16)3/h5-9H,1-4H3. The first kappa shape index (κ1) is 14.6. The smallest absolute Gasteiger partial charge is 0.266 e. The van der Waals surface area contributed by atoms with E-state index in [1.807, 2.05) is 49.8 Å². The lowest BCUT2D eigenvalue weighted by atomic mass is 10.1. The summed E-state index contributed by atoms with van der Waals surface area (Å²) in [6, 6.07) is 10.1. The molecule has 24 heavy (non-hydrogen) atoms. The molecule has 4 rings (SSSR count). The highest BCUT2D eigenvalue weighted by Gasteiger charge is 2.19. The first-order valence-corrected chi connectivity index (χ1v) is 7.75. The molecule has 0 aliphatic heterocycles. The zero-order valence-corrected chi connectivity index (χ0v) is 14.0. The third-order valence-corrected chi connectivity index (χ3v) is 4.21. The first-order chi connectivity index (χ1) is 11.5. The van der Waals surface area contributed by atoms with E-state index in [9.17, 15) is 0 Å². The van der Waals surface area contributed by atoms with Crippen LogP contribution in [-0.2, 0) is 7.05 Å². The van der Waals surface area contributed by atoms with Crippen molar-refractivity contribution < 1.29 is 4.42 Å². The fourth-order valence-corrected chi connectivity index (χ4v) is 2.87. The van der Waals surface area contributed by atoms with Gasteiger partial charge in [-0.3, -0.25) is 4.68 Å². The number of pyridine rings is 1. The van der Waals surface area contributed by atoms with Gasteiger partial charge in [0, 0.05) is 18.1 Å². The topological polar surface area (TPSA) is 69.6 Å². The Hall–Kier alpha value is -3.02. The van der Waals surface area contributed by atoms with E-state index in [0.717, 1.165) is 27.9 Å². The normalized spacial score (nSPS) is 11.3. The van der Waals surface area contributed by atoms with Crippen LogP contribution in [0.5, 0.6) is 0 Å². The Bertz CT molecular complexity index is 1060. The van der Waals surface area contributed by atoms with Crippen molar-refractivity contribution in [3.8, 4) is 23.0 Å². The molecule has 1 aromatic carbocycles. The van der Waals surface area contributed by atoms with Crippen LogP contribution in [-0.4, -0.2) is 25.0 Å². The lowest BCUT2D eigenvalue weighted by Crippen LogP contribution is -1.92. The van der Waals surface area contributed by atoms with Crippen molar-refractivity contribution in [1.29, 1.82) is 0 Å². The Morgan fingerprint density at radius 2 is 1.75 bits per heavy atom. The summed E-state index contributed by atoms with van der Waals surface area (Å²) in [6.07, 6.45) is 0. The van der Waals surface area contributed by atoms with Crippen molar-refractivity contribution >= 4 is 10.9 Å². The number of fused-ring (bicyclic) bond motifs is 1. The lowest BCUT2D eigenvalue weighted by molar-refractivity contribution is 0.581. The van der Waals surface area contributed by atoms with E-state index in [0.29, 0.717) is 17.5 Å². The molecular formula is C18H17N5O. The van der Waals surface area contributed by atoms with E-state index in [2.05, 4.69) is 33.3 Å². The predicted molar refractivity (Wildman–Crippen MR) is 91.4 cm³/mol. The molecule has 0 aliphatic carbocycles. The van der Waals surface area contributed by atoms with Crippen LogP contribution >= 0.6 is 0 Å². The van der Waals surface area contributed by atoms with Crippen LogP contribution in [0.3, 0.4) is 0 Å². The van der Waals surface area contributed by atoms with Gasteiger partial charge in [0.15, 0.2) is 0 Å². The van der Waals surface area contributed by atoms with Crippen molar-refractivity contribution in [3.05, 3.63) is 47.3 Å². The molecule has 4 aromatic rings. The number of aryl methyl sites for hydroxylation is 3. The number of hydrogen-bond acceptors (Lipinski definition) is 5. The van der Waals surface area contributed by atoms with Gasteiger partial charge in [-0.05, 0) is 39.0 Å². The minimum absolute atomic E-state index is 0.412. The van der Waals surface area contributed by atoms with Crippen LogP contribution in [0.15, 0.2) is 34.7 Å². The van der Waals surface area contributed by atoms with Crippen molar-refractivity contribution in [3.63, 3.8) is 0 Å². The van der Waals surface area contributed by atoms with Gasteiger partial charge < -0.3 is 4.42 Å². The van der Waals surface area contributed by atoms with Gasteiger partial charge in [-0.2, -0.15) is 5.10 Å². The third kappa shape index (κ3) is 2.27. The number of rotatable bonds is 2. The first-order valence-electron chi connectivity index (χ1n) is 7.75. The van der Waals surface area contributed by atoms with Crippen LogP contribution in [0.25, 0.3) is 33.9 Å². The Morgan fingerprint density at radius 1 is 0.958 bits per heavy atom. The summed E-state index contributed by atoms with van der Waals surface area (Å²) in [5.74, 6) is 0.883. The van der Waals surface area contributed by atoms with Crippen LogP contribution < -0.4 is 0 Å². The second-order valence-electron chi connectivity index (χ2n) is 5.97. The second-order valence-corrected chi connectivity index (χ2v) is 5.97. The summed E-state index contributed by atoms with van der Waals surface area (Å²) in [5.41, 5.74) is 5.53. The molecule has 120 valence electrons. The van der Waals surface area contributed by atoms with Gasteiger partial charge in [-0.1, -0.05) is 17.7 Å². The number of hydrogen-bond donors (Lipinski definition) is 0. The average Bonchev–Trinajstić information content (AvgIpc) is 3.12. The van der Waals surface area contributed by atoms with E-state index < -0.39 is 0 Å². The minimum Gasteiger partial charge on any atom is -0.414 e. The van der Waals surface area contributed by atoms with Gasteiger partial charge in [-0.15, -0.1) is 10.2 Å². The maximum absolute atomic E-state index is 5.87. The van der Waals surface area contributed by atoms with Gasteiger partial charge in [0.25, 0.3) is 11.8 Å². The summed E-state index contributed by atoms with van der Waals surface area (Å²) in [5, 5.41) is 13.8. The zero-order valence-electron chi connectivity index (χ0n) is 14.0. The molecule has 6 nitrogen and oxygen atoms in total. The molecule has 3 aromatic heterocycles. The molecule has 0 amide bonds. The Kier molecular flexibility index (Phi) is 3.19. The highest BCUT2D eigenvalue weighted by molar-refractivity contribution is 5.81. The van der Waals surface area contributed by atoms with Crippen molar-refractivity contribution in [2.75, 3.05) is 0 Å². The molecular weight excluding hydrogens is 302 g/mol. The molecule has 0 saturated heterocycles. The van der Waals surface area contributed by atoms with Crippen LogP contribution in [0.4, 0.5) is 0 Å². The third-order valence-electron chi connectivity index (χ3n) is 4.21. The average molecular weight is 319 g/mol. The highest BCUT2D eigenvalue weighted by Crippen LogP contribution is 2.28.